The van der Waals surface area contributed by atoms with Crippen molar-refractivity contribution in [3.05, 3.63) is 23.9 Å². The molecule has 5 heteroatoms. The third kappa shape index (κ3) is 4.34. The van der Waals surface area contributed by atoms with Gasteiger partial charge >= 0.3 is 6.03 Å². The predicted molar refractivity (Wildman–Crippen MR) is 85.4 cm³/mol. The van der Waals surface area contributed by atoms with Crippen LogP contribution in [0.5, 0.6) is 0 Å². The summed E-state index contributed by atoms with van der Waals surface area (Å²) in [6.07, 6.45) is 4.01. The number of nitrogens with one attached hydrogen (secondary N) is 2. The Morgan fingerprint density at radius 2 is 2.05 bits per heavy atom. The Hall–Kier alpha value is -1.78. The topological polar surface area (TPSA) is 57.3 Å². The fourth-order valence-corrected chi connectivity index (χ4v) is 2.69. The van der Waals surface area contributed by atoms with Crippen molar-refractivity contribution in [1.82, 2.24) is 15.6 Å². The molecule has 21 heavy (non-hydrogen) atoms. The van der Waals surface area contributed by atoms with E-state index in [1.807, 2.05) is 18.3 Å². The molecule has 1 aliphatic rings. The van der Waals surface area contributed by atoms with Crippen LogP contribution in [0.1, 0.15) is 39.2 Å². The molecule has 0 aliphatic heterocycles. The first-order valence-electron chi connectivity index (χ1n) is 7.86. The average molecular weight is 290 g/mol. The van der Waals surface area contributed by atoms with E-state index < -0.39 is 0 Å². The summed E-state index contributed by atoms with van der Waals surface area (Å²) in [6, 6.07) is 4.30. The molecule has 0 bridgehead atoms. The molecule has 116 valence electrons. The SMILES string of the molecule is CCN(CC)c1ccc(CNC(=O)NC2CC(C)C2)cn1. The van der Waals surface area contributed by atoms with Crippen molar-refractivity contribution >= 4 is 11.8 Å². The Balaban J connectivity index is 1.76. The van der Waals surface area contributed by atoms with E-state index in [4.69, 9.17) is 0 Å². The van der Waals surface area contributed by atoms with E-state index in [9.17, 15) is 4.79 Å². The molecule has 1 saturated carbocycles. The maximum atomic E-state index is 11.7. The van der Waals surface area contributed by atoms with Gasteiger partial charge in [-0.3, -0.25) is 0 Å². The van der Waals surface area contributed by atoms with Crippen LogP contribution in [0.2, 0.25) is 0 Å². The molecule has 0 unspecified atom stereocenters. The summed E-state index contributed by atoms with van der Waals surface area (Å²) in [6.45, 7) is 8.85. The third-order valence-corrected chi connectivity index (χ3v) is 4.06. The second kappa shape index (κ2) is 7.29. The minimum absolute atomic E-state index is 0.0836. The van der Waals surface area contributed by atoms with Gasteiger partial charge in [0.05, 0.1) is 0 Å². The lowest BCUT2D eigenvalue weighted by atomic mass is 9.82. The molecule has 0 aromatic carbocycles. The van der Waals surface area contributed by atoms with Crippen LogP contribution in [-0.2, 0) is 6.54 Å². The summed E-state index contributed by atoms with van der Waals surface area (Å²) in [5, 5.41) is 5.87. The third-order valence-electron chi connectivity index (χ3n) is 4.06. The molecule has 1 heterocycles. The molecule has 1 aliphatic carbocycles. The lowest BCUT2D eigenvalue weighted by Crippen LogP contribution is -2.47. The zero-order chi connectivity index (χ0) is 15.2. The predicted octanol–water partition coefficient (Wildman–Crippen LogP) is 2.53. The van der Waals surface area contributed by atoms with Gasteiger partial charge in [-0.05, 0) is 44.2 Å². The molecule has 0 spiro atoms. The van der Waals surface area contributed by atoms with Crippen LogP contribution >= 0.6 is 0 Å². The molecule has 1 aromatic heterocycles. The van der Waals surface area contributed by atoms with Crippen molar-refractivity contribution in [2.24, 2.45) is 5.92 Å². The summed E-state index contributed by atoms with van der Waals surface area (Å²) in [7, 11) is 0. The number of nitrogens with zero attached hydrogens (tertiary/aromatic N) is 2. The van der Waals surface area contributed by atoms with Crippen molar-refractivity contribution in [2.45, 2.75) is 46.2 Å². The number of carbonyl (C=O) groups excluding carboxylic acids is 1. The van der Waals surface area contributed by atoms with Crippen molar-refractivity contribution in [2.75, 3.05) is 18.0 Å². The second-order valence-corrected chi connectivity index (χ2v) is 5.80. The number of aromatic nitrogens is 1. The minimum Gasteiger partial charge on any atom is -0.357 e. The highest BCUT2D eigenvalue weighted by Gasteiger charge is 2.26. The van der Waals surface area contributed by atoms with Gasteiger partial charge in [-0.15, -0.1) is 0 Å². The summed E-state index contributed by atoms with van der Waals surface area (Å²) < 4.78 is 0. The first-order valence-corrected chi connectivity index (χ1v) is 7.86. The number of urea groups is 1. The largest absolute Gasteiger partial charge is 0.357 e. The number of hydrogen-bond donors (Lipinski definition) is 2. The highest BCUT2D eigenvalue weighted by atomic mass is 16.2. The number of anilines is 1. The van der Waals surface area contributed by atoms with E-state index in [2.05, 4.69) is 41.3 Å². The smallest absolute Gasteiger partial charge is 0.315 e. The van der Waals surface area contributed by atoms with Gasteiger partial charge in [-0.2, -0.15) is 0 Å². The van der Waals surface area contributed by atoms with Crippen LogP contribution in [-0.4, -0.2) is 30.1 Å². The number of carbonyl (C=O) groups is 1. The van der Waals surface area contributed by atoms with E-state index >= 15 is 0 Å². The Bertz CT molecular complexity index is 450. The van der Waals surface area contributed by atoms with E-state index in [1.165, 1.54) is 0 Å². The van der Waals surface area contributed by atoms with Crippen LogP contribution < -0.4 is 15.5 Å². The Morgan fingerprint density at radius 1 is 1.33 bits per heavy atom. The number of amides is 2. The zero-order valence-electron chi connectivity index (χ0n) is 13.2. The van der Waals surface area contributed by atoms with Gasteiger partial charge < -0.3 is 15.5 Å². The standard InChI is InChI=1S/C16H26N4O/c1-4-20(5-2)15-7-6-13(10-17-15)11-18-16(21)19-14-8-12(3)9-14/h6-7,10,12,14H,4-5,8-9,11H2,1-3H3,(H2,18,19,21). The molecule has 2 rings (SSSR count). The van der Waals surface area contributed by atoms with Crippen LogP contribution in [0.4, 0.5) is 10.6 Å². The van der Waals surface area contributed by atoms with Gasteiger partial charge in [0, 0.05) is 31.9 Å². The first kappa shape index (κ1) is 15.6. The van der Waals surface area contributed by atoms with Crippen LogP contribution in [0, 0.1) is 5.92 Å². The van der Waals surface area contributed by atoms with Crippen LogP contribution in [0.15, 0.2) is 18.3 Å². The summed E-state index contributed by atoms with van der Waals surface area (Å²) in [5.41, 5.74) is 1.02. The summed E-state index contributed by atoms with van der Waals surface area (Å²) in [4.78, 5) is 18.4. The van der Waals surface area contributed by atoms with E-state index in [0.717, 1.165) is 43.2 Å². The van der Waals surface area contributed by atoms with Gasteiger partial charge in [-0.25, -0.2) is 9.78 Å². The molecule has 0 atom stereocenters. The zero-order valence-corrected chi connectivity index (χ0v) is 13.2. The maximum Gasteiger partial charge on any atom is 0.315 e. The lowest BCUT2D eigenvalue weighted by molar-refractivity contribution is 0.210. The van der Waals surface area contributed by atoms with Gasteiger partial charge in [0.15, 0.2) is 0 Å². The number of pyridine rings is 1. The Labute approximate surface area is 127 Å². The molecule has 0 saturated heterocycles. The van der Waals surface area contributed by atoms with Crippen LogP contribution in [0.3, 0.4) is 0 Å². The molecule has 2 amide bonds. The Morgan fingerprint density at radius 3 is 2.57 bits per heavy atom. The van der Waals surface area contributed by atoms with Crippen LogP contribution in [0.25, 0.3) is 0 Å². The highest BCUT2D eigenvalue weighted by Crippen LogP contribution is 2.25. The lowest BCUT2D eigenvalue weighted by Gasteiger charge is -2.33. The molecule has 1 fully saturated rings. The molecular formula is C16H26N4O. The quantitative estimate of drug-likeness (QED) is 0.846. The fourth-order valence-electron chi connectivity index (χ4n) is 2.69. The van der Waals surface area contributed by atoms with Crippen molar-refractivity contribution in [3.63, 3.8) is 0 Å². The minimum atomic E-state index is -0.0836. The maximum absolute atomic E-state index is 11.7. The number of hydrogen-bond acceptors (Lipinski definition) is 3. The monoisotopic (exact) mass is 290 g/mol. The summed E-state index contributed by atoms with van der Waals surface area (Å²) >= 11 is 0. The van der Waals surface area contributed by atoms with Crippen molar-refractivity contribution in [1.29, 1.82) is 0 Å². The molecule has 5 nitrogen and oxygen atoms in total. The molecule has 1 aromatic rings. The Kier molecular flexibility index (Phi) is 5.42. The van der Waals surface area contributed by atoms with Crippen molar-refractivity contribution in [3.8, 4) is 0 Å². The highest BCUT2D eigenvalue weighted by molar-refractivity contribution is 5.74. The number of rotatable bonds is 6. The van der Waals surface area contributed by atoms with Gasteiger partial charge in [0.1, 0.15) is 5.82 Å². The van der Waals surface area contributed by atoms with E-state index in [1.54, 1.807) is 0 Å². The van der Waals surface area contributed by atoms with Gasteiger partial charge in [0.25, 0.3) is 0 Å². The van der Waals surface area contributed by atoms with Crippen molar-refractivity contribution < 1.29 is 4.79 Å². The average Bonchev–Trinajstić information content (AvgIpc) is 2.46. The normalized spacial score (nSPS) is 20.5. The van der Waals surface area contributed by atoms with Gasteiger partial charge in [-0.1, -0.05) is 13.0 Å². The van der Waals surface area contributed by atoms with Gasteiger partial charge in [0.2, 0.25) is 0 Å². The first-order chi connectivity index (χ1) is 10.1. The molecule has 0 radical (unpaired) electrons. The van der Waals surface area contributed by atoms with E-state index in [-0.39, 0.29) is 6.03 Å². The fraction of sp³-hybridized carbons (Fsp3) is 0.625. The molecular weight excluding hydrogens is 264 g/mol. The van der Waals surface area contributed by atoms with E-state index in [0.29, 0.717) is 12.6 Å². The summed E-state index contributed by atoms with van der Waals surface area (Å²) in [5.74, 6) is 1.73. The second-order valence-electron chi connectivity index (χ2n) is 5.80. The molecule has 2 N–H and O–H groups in total.